The fourth-order valence-corrected chi connectivity index (χ4v) is 6.50. The molecule has 9 heteroatoms. The first-order chi connectivity index (χ1) is 17.9. The predicted octanol–water partition coefficient (Wildman–Crippen LogP) is 2.96. The van der Waals surface area contributed by atoms with Gasteiger partial charge in [0.15, 0.2) is 0 Å². The smallest absolute Gasteiger partial charge is 0.312 e. The van der Waals surface area contributed by atoms with Gasteiger partial charge in [-0.05, 0) is 70.7 Å². The topological polar surface area (TPSA) is 108 Å². The number of aliphatic hydroxyl groups is 1. The molecule has 0 radical (unpaired) electrons. The van der Waals surface area contributed by atoms with Crippen molar-refractivity contribution in [3.63, 3.8) is 0 Å². The monoisotopic (exact) mass is 515 g/mol. The zero-order valence-corrected chi connectivity index (χ0v) is 22.3. The first-order valence-electron chi connectivity index (χ1n) is 13.8. The van der Waals surface area contributed by atoms with Crippen LogP contribution in [0.3, 0.4) is 0 Å². The number of aliphatic hydroxyl groups excluding tert-OH is 1. The molecule has 37 heavy (non-hydrogen) atoms. The molecule has 5 atom stereocenters. The van der Waals surface area contributed by atoms with Gasteiger partial charge in [0.1, 0.15) is 11.6 Å². The number of benzene rings is 1. The van der Waals surface area contributed by atoms with Crippen LogP contribution < -0.4 is 10.2 Å². The number of ether oxygens (including phenoxy) is 2. The number of unbranched alkanes of at least 4 members (excludes halogenated alkanes) is 3. The Labute approximate surface area is 219 Å². The van der Waals surface area contributed by atoms with Crippen LogP contribution in [0, 0.1) is 11.8 Å². The van der Waals surface area contributed by atoms with Crippen molar-refractivity contribution >= 4 is 29.2 Å². The summed E-state index contributed by atoms with van der Waals surface area (Å²) >= 11 is 0. The molecule has 1 spiro atoms. The fraction of sp³-hybridized carbons (Fsp3) is 0.679. The highest BCUT2D eigenvalue weighted by molar-refractivity contribution is 6.03. The highest BCUT2D eigenvalue weighted by Gasteiger charge is 2.74. The number of esters is 1. The molecule has 204 valence electrons. The second-order valence-corrected chi connectivity index (χ2v) is 10.2. The van der Waals surface area contributed by atoms with E-state index < -0.39 is 35.6 Å². The van der Waals surface area contributed by atoms with Gasteiger partial charge in [-0.25, -0.2) is 0 Å². The van der Waals surface area contributed by atoms with Crippen molar-refractivity contribution < 1.29 is 29.0 Å². The Hall–Kier alpha value is -2.65. The van der Waals surface area contributed by atoms with Gasteiger partial charge in [-0.15, -0.1) is 0 Å². The fourth-order valence-electron chi connectivity index (χ4n) is 6.50. The van der Waals surface area contributed by atoms with Crippen molar-refractivity contribution in [2.24, 2.45) is 11.8 Å². The van der Waals surface area contributed by atoms with Crippen LogP contribution in [0.4, 0.5) is 11.4 Å². The molecule has 0 saturated carbocycles. The third-order valence-corrected chi connectivity index (χ3v) is 8.18. The number of nitrogens with zero attached hydrogens (tertiary/aromatic N) is 2. The third kappa shape index (κ3) is 5.08. The average Bonchev–Trinajstić information content (AvgIpc) is 3.53. The van der Waals surface area contributed by atoms with E-state index in [-0.39, 0.29) is 25.0 Å². The zero-order chi connectivity index (χ0) is 26.6. The summed E-state index contributed by atoms with van der Waals surface area (Å²) in [6, 6.07) is 6.92. The highest BCUT2D eigenvalue weighted by atomic mass is 16.6. The van der Waals surface area contributed by atoms with Crippen LogP contribution in [-0.4, -0.2) is 78.4 Å². The van der Waals surface area contributed by atoms with Gasteiger partial charge in [0.2, 0.25) is 11.8 Å². The summed E-state index contributed by atoms with van der Waals surface area (Å²) in [7, 11) is 0. The van der Waals surface area contributed by atoms with Gasteiger partial charge in [-0.2, -0.15) is 0 Å². The molecule has 2 bridgehead atoms. The third-order valence-electron chi connectivity index (χ3n) is 8.18. The number of hydrogen-bond acceptors (Lipinski definition) is 7. The summed E-state index contributed by atoms with van der Waals surface area (Å²) in [5, 5.41) is 12.1. The second kappa shape index (κ2) is 11.8. The van der Waals surface area contributed by atoms with E-state index in [1.807, 2.05) is 24.3 Å². The summed E-state index contributed by atoms with van der Waals surface area (Å²) in [5.74, 6) is -2.28. The zero-order valence-electron chi connectivity index (χ0n) is 22.3. The Kier molecular flexibility index (Phi) is 8.75. The molecule has 3 saturated heterocycles. The van der Waals surface area contributed by atoms with Crippen molar-refractivity contribution in [1.82, 2.24) is 4.90 Å². The number of anilines is 2. The number of amides is 2. The summed E-state index contributed by atoms with van der Waals surface area (Å²) in [4.78, 5) is 44.3. The van der Waals surface area contributed by atoms with Gasteiger partial charge < -0.3 is 29.7 Å². The number of fused-ring (bicyclic) bond motifs is 1. The molecule has 3 aliphatic rings. The number of rotatable bonds is 13. The van der Waals surface area contributed by atoms with Crippen molar-refractivity contribution in [2.75, 3.05) is 43.1 Å². The standard InChI is InChI=1S/C28H41N3O6/c1-4-30(5-2)20-13-11-19(12-14-20)29-25(33)24-28-16-15-21(37-28)22(27(35)36-6-3)23(28)26(34)31(24)17-9-7-8-10-18-32/h11-14,21-24,32H,4-10,15-18H2,1-3H3,(H,29,33)/t21-,22+,23+,24?,28?/m1/s1. The Morgan fingerprint density at radius 2 is 1.84 bits per heavy atom. The minimum Gasteiger partial charge on any atom is -0.466 e. The largest absolute Gasteiger partial charge is 0.466 e. The maximum Gasteiger partial charge on any atom is 0.312 e. The van der Waals surface area contributed by atoms with Gasteiger partial charge in [-0.1, -0.05) is 12.8 Å². The van der Waals surface area contributed by atoms with E-state index in [2.05, 4.69) is 24.1 Å². The molecule has 2 N–H and O–H groups in total. The summed E-state index contributed by atoms with van der Waals surface area (Å²) in [6.07, 6.45) is 3.90. The Bertz CT molecular complexity index is 965. The highest BCUT2D eigenvalue weighted by Crippen LogP contribution is 2.58. The molecule has 3 heterocycles. The Morgan fingerprint density at radius 3 is 2.49 bits per heavy atom. The van der Waals surface area contributed by atoms with Crippen LogP contribution in [0.5, 0.6) is 0 Å². The number of hydrogen-bond donors (Lipinski definition) is 2. The number of carbonyl (C=O) groups excluding carboxylic acids is 3. The lowest BCUT2D eigenvalue weighted by Gasteiger charge is -2.33. The van der Waals surface area contributed by atoms with Gasteiger partial charge in [0.05, 0.1) is 24.5 Å². The van der Waals surface area contributed by atoms with Crippen molar-refractivity contribution in [3.05, 3.63) is 24.3 Å². The number of likely N-dealkylation sites (tertiary alicyclic amines) is 1. The van der Waals surface area contributed by atoms with Crippen molar-refractivity contribution in [2.45, 2.75) is 77.0 Å². The molecular weight excluding hydrogens is 474 g/mol. The number of nitrogens with one attached hydrogen (secondary N) is 1. The van der Waals surface area contributed by atoms with Crippen LogP contribution in [-0.2, 0) is 23.9 Å². The van der Waals surface area contributed by atoms with E-state index in [9.17, 15) is 14.4 Å². The van der Waals surface area contributed by atoms with E-state index in [1.54, 1.807) is 11.8 Å². The molecule has 3 aliphatic heterocycles. The minimum atomic E-state index is -1.02. The van der Waals surface area contributed by atoms with E-state index in [4.69, 9.17) is 14.6 Å². The summed E-state index contributed by atoms with van der Waals surface area (Å²) in [6.45, 7) is 8.52. The van der Waals surface area contributed by atoms with Gasteiger partial charge >= 0.3 is 5.97 Å². The van der Waals surface area contributed by atoms with Crippen LogP contribution in [0.25, 0.3) is 0 Å². The molecule has 2 unspecified atom stereocenters. The average molecular weight is 516 g/mol. The normalized spacial score (nSPS) is 27.9. The van der Waals surface area contributed by atoms with E-state index in [1.165, 1.54) is 0 Å². The lowest BCUT2D eigenvalue weighted by Crippen LogP contribution is -2.53. The molecule has 9 nitrogen and oxygen atoms in total. The molecule has 4 rings (SSSR count). The van der Waals surface area contributed by atoms with Gasteiger partial charge in [0.25, 0.3) is 0 Å². The lowest BCUT2D eigenvalue weighted by molar-refractivity contribution is -0.154. The van der Waals surface area contributed by atoms with Crippen LogP contribution >= 0.6 is 0 Å². The molecule has 2 amide bonds. The Balaban J connectivity index is 1.57. The van der Waals surface area contributed by atoms with Gasteiger partial charge in [0, 0.05) is 37.6 Å². The van der Waals surface area contributed by atoms with Crippen molar-refractivity contribution in [3.8, 4) is 0 Å². The van der Waals surface area contributed by atoms with E-state index in [0.717, 1.165) is 31.6 Å². The minimum absolute atomic E-state index is 0.141. The maximum atomic E-state index is 13.8. The molecule has 1 aromatic carbocycles. The molecule has 0 aromatic heterocycles. The lowest BCUT2D eigenvalue weighted by atomic mass is 9.71. The van der Waals surface area contributed by atoms with Crippen LogP contribution in [0.2, 0.25) is 0 Å². The summed E-state index contributed by atoms with van der Waals surface area (Å²) in [5.41, 5.74) is 0.720. The van der Waals surface area contributed by atoms with Gasteiger partial charge in [-0.3, -0.25) is 14.4 Å². The number of carbonyl (C=O) groups is 3. The summed E-state index contributed by atoms with van der Waals surface area (Å²) < 4.78 is 11.7. The first kappa shape index (κ1) is 27.4. The predicted molar refractivity (Wildman–Crippen MR) is 140 cm³/mol. The maximum absolute atomic E-state index is 13.8. The molecular formula is C28H41N3O6. The first-order valence-corrected chi connectivity index (χ1v) is 13.8. The van der Waals surface area contributed by atoms with Crippen LogP contribution in [0.15, 0.2) is 24.3 Å². The van der Waals surface area contributed by atoms with E-state index >= 15 is 0 Å². The molecule has 3 fully saturated rings. The second-order valence-electron chi connectivity index (χ2n) is 10.2. The van der Waals surface area contributed by atoms with Crippen molar-refractivity contribution in [1.29, 1.82) is 0 Å². The molecule has 0 aliphatic carbocycles. The van der Waals surface area contributed by atoms with E-state index in [0.29, 0.717) is 37.9 Å². The quantitative estimate of drug-likeness (QED) is 0.307. The SMILES string of the molecule is CCOC(=O)[C@@H]1[C@H]2C(=O)N(CCCCCCO)C(C(=O)Nc3ccc(N(CC)CC)cc3)C23CC[C@H]1O3. The Morgan fingerprint density at radius 1 is 1.14 bits per heavy atom. The molecule has 1 aromatic rings. The van der Waals surface area contributed by atoms with Crippen LogP contribution in [0.1, 0.15) is 59.3 Å².